The second-order valence-electron chi connectivity index (χ2n) is 3.62. The first-order chi connectivity index (χ1) is 8.82. The second kappa shape index (κ2) is 4.48. The van der Waals surface area contributed by atoms with Crippen LogP contribution in [0.2, 0.25) is 0 Å². The molecule has 0 aromatic heterocycles. The lowest BCUT2D eigenvalue weighted by Crippen LogP contribution is -2.44. The van der Waals surface area contributed by atoms with Crippen molar-refractivity contribution in [2.24, 2.45) is 0 Å². The van der Waals surface area contributed by atoms with Gasteiger partial charge < -0.3 is 9.64 Å². The van der Waals surface area contributed by atoms with Gasteiger partial charge in [0.15, 0.2) is 23.3 Å². The summed E-state index contributed by atoms with van der Waals surface area (Å²) in [7, 11) is 0. The van der Waals surface area contributed by atoms with Gasteiger partial charge in [0, 0.05) is 0 Å². The van der Waals surface area contributed by atoms with Gasteiger partial charge in [-0.15, -0.1) is 0 Å². The van der Waals surface area contributed by atoms with Gasteiger partial charge in [-0.25, -0.2) is 31.5 Å². The van der Waals surface area contributed by atoms with E-state index in [2.05, 4.69) is 4.74 Å². The third-order valence-corrected chi connectivity index (χ3v) is 2.37. The number of anilines is 1. The smallest absolute Gasteiger partial charge is 0.333 e. The number of hydrogen-bond acceptors (Lipinski definition) is 4. The Bertz CT molecular complexity index is 544. The molecule has 1 heterocycles. The topological polar surface area (TPSA) is 46.6 Å². The van der Waals surface area contributed by atoms with Gasteiger partial charge in [-0.05, 0) is 0 Å². The van der Waals surface area contributed by atoms with E-state index in [1.807, 2.05) is 0 Å². The van der Waals surface area contributed by atoms with Crippen LogP contribution in [-0.2, 0) is 14.3 Å². The minimum atomic E-state index is -2.32. The molecule has 9 heteroatoms. The van der Waals surface area contributed by atoms with Gasteiger partial charge in [-0.1, -0.05) is 0 Å². The number of cyclic esters (lactones) is 2. The summed E-state index contributed by atoms with van der Waals surface area (Å²) in [5.41, 5.74) is -1.33. The van der Waals surface area contributed by atoms with Crippen LogP contribution in [0.25, 0.3) is 0 Å². The minimum absolute atomic E-state index is 0.421. The first kappa shape index (κ1) is 13.2. The summed E-state index contributed by atoms with van der Waals surface area (Å²) in [4.78, 5) is 22.3. The third-order valence-electron chi connectivity index (χ3n) is 2.37. The zero-order chi connectivity index (χ0) is 14.3. The van der Waals surface area contributed by atoms with Crippen LogP contribution < -0.4 is 4.90 Å². The van der Waals surface area contributed by atoms with Crippen LogP contribution in [-0.4, -0.2) is 25.0 Å². The van der Waals surface area contributed by atoms with Gasteiger partial charge in [0.2, 0.25) is 5.82 Å². The Morgan fingerprint density at radius 1 is 0.737 bits per heavy atom. The minimum Gasteiger partial charge on any atom is -0.390 e. The van der Waals surface area contributed by atoms with Crippen molar-refractivity contribution in [1.82, 2.24) is 0 Å². The van der Waals surface area contributed by atoms with Crippen molar-refractivity contribution in [2.75, 3.05) is 18.0 Å². The summed E-state index contributed by atoms with van der Waals surface area (Å²) >= 11 is 0. The number of nitrogens with zero attached hydrogens (tertiary/aromatic N) is 1. The number of benzene rings is 1. The Labute approximate surface area is 102 Å². The molecule has 102 valence electrons. The molecule has 1 saturated heterocycles. The highest BCUT2D eigenvalue weighted by molar-refractivity contribution is 5.94. The Morgan fingerprint density at radius 2 is 1.11 bits per heavy atom. The van der Waals surface area contributed by atoms with E-state index in [4.69, 9.17) is 0 Å². The summed E-state index contributed by atoms with van der Waals surface area (Å²) in [6.45, 7) is -1.60. The summed E-state index contributed by atoms with van der Waals surface area (Å²) < 4.78 is 69.6. The van der Waals surface area contributed by atoms with Crippen LogP contribution >= 0.6 is 0 Å². The van der Waals surface area contributed by atoms with E-state index in [9.17, 15) is 31.5 Å². The fourth-order valence-electron chi connectivity index (χ4n) is 1.59. The largest absolute Gasteiger partial charge is 0.390 e. The lowest BCUT2D eigenvalue weighted by atomic mass is 10.2. The van der Waals surface area contributed by atoms with Crippen LogP contribution in [0, 0.1) is 29.1 Å². The molecule has 1 aromatic rings. The number of ether oxygens (including phenoxy) is 1. The normalized spacial score (nSPS) is 15.7. The molecule has 0 radical (unpaired) electrons. The van der Waals surface area contributed by atoms with Crippen molar-refractivity contribution in [2.45, 2.75) is 0 Å². The van der Waals surface area contributed by atoms with Gasteiger partial charge in [-0.3, -0.25) is 0 Å². The fraction of sp³-hybridized carbons (Fsp3) is 0.200. The fourth-order valence-corrected chi connectivity index (χ4v) is 1.59. The zero-order valence-electron chi connectivity index (χ0n) is 8.98. The molecular formula is C10H4F5NO3. The van der Waals surface area contributed by atoms with Gasteiger partial charge in [0.1, 0.15) is 18.8 Å². The van der Waals surface area contributed by atoms with E-state index in [0.29, 0.717) is 4.90 Å². The van der Waals surface area contributed by atoms with Gasteiger partial charge >= 0.3 is 11.9 Å². The Morgan fingerprint density at radius 3 is 1.53 bits per heavy atom. The van der Waals surface area contributed by atoms with E-state index < -0.39 is 59.8 Å². The summed E-state index contributed by atoms with van der Waals surface area (Å²) in [5, 5.41) is 0. The first-order valence-corrected chi connectivity index (χ1v) is 4.82. The van der Waals surface area contributed by atoms with Gasteiger partial charge in [-0.2, -0.15) is 0 Å². The monoisotopic (exact) mass is 281 g/mol. The van der Waals surface area contributed by atoms with Crippen molar-refractivity contribution in [3.05, 3.63) is 29.1 Å². The lowest BCUT2D eigenvalue weighted by Gasteiger charge is -2.27. The average Bonchev–Trinajstić information content (AvgIpc) is 2.33. The molecule has 0 unspecified atom stereocenters. The van der Waals surface area contributed by atoms with Crippen molar-refractivity contribution < 1.29 is 36.3 Å². The number of carbonyl (C=O) groups is 2. The van der Waals surface area contributed by atoms with Gasteiger partial charge in [0.05, 0.1) is 0 Å². The number of esters is 2. The predicted molar refractivity (Wildman–Crippen MR) is 49.5 cm³/mol. The van der Waals surface area contributed by atoms with Crippen LogP contribution in [0.3, 0.4) is 0 Å². The maximum Gasteiger partial charge on any atom is 0.333 e. The van der Waals surface area contributed by atoms with Crippen LogP contribution in [0.4, 0.5) is 27.6 Å². The molecule has 2 rings (SSSR count). The number of halogens is 5. The maximum atomic E-state index is 13.4. The molecule has 0 aliphatic carbocycles. The number of morpholine rings is 1. The molecule has 1 aliphatic heterocycles. The van der Waals surface area contributed by atoms with Crippen molar-refractivity contribution in [3.8, 4) is 0 Å². The predicted octanol–water partition coefficient (Wildman–Crippen LogP) is 1.27. The average molecular weight is 281 g/mol. The third kappa shape index (κ3) is 2.11. The molecule has 0 amide bonds. The molecule has 0 N–H and O–H groups in total. The Kier molecular flexibility index (Phi) is 3.13. The molecule has 0 spiro atoms. The van der Waals surface area contributed by atoms with E-state index in [1.165, 1.54) is 0 Å². The SMILES string of the molecule is O=C1CN(c2c(F)c(F)c(F)c(F)c2F)CC(=O)O1. The summed E-state index contributed by atoms with van der Waals surface area (Å²) in [6, 6.07) is 0. The van der Waals surface area contributed by atoms with Crippen LogP contribution in [0.1, 0.15) is 0 Å². The molecule has 0 atom stereocenters. The van der Waals surface area contributed by atoms with Gasteiger partial charge in [0.25, 0.3) is 0 Å². The van der Waals surface area contributed by atoms with E-state index in [1.54, 1.807) is 0 Å². The van der Waals surface area contributed by atoms with Crippen molar-refractivity contribution in [3.63, 3.8) is 0 Å². The lowest BCUT2D eigenvalue weighted by molar-refractivity contribution is -0.160. The molecule has 4 nitrogen and oxygen atoms in total. The highest BCUT2D eigenvalue weighted by atomic mass is 19.2. The number of hydrogen-bond donors (Lipinski definition) is 0. The van der Waals surface area contributed by atoms with Crippen molar-refractivity contribution >= 4 is 17.6 Å². The second-order valence-corrected chi connectivity index (χ2v) is 3.62. The van der Waals surface area contributed by atoms with E-state index in [0.717, 1.165) is 0 Å². The van der Waals surface area contributed by atoms with Crippen LogP contribution in [0.15, 0.2) is 0 Å². The molecule has 19 heavy (non-hydrogen) atoms. The standard InChI is InChI=1S/C10H4F5NO3/c11-5-6(12)8(14)10(9(15)7(5)13)16-1-3(17)19-4(18)2-16/h1-2H2. The molecule has 0 saturated carbocycles. The molecule has 1 fully saturated rings. The van der Waals surface area contributed by atoms with E-state index >= 15 is 0 Å². The number of carbonyl (C=O) groups excluding carboxylic acids is 2. The molecule has 1 aromatic carbocycles. The maximum absolute atomic E-state index is 13.4. The van der Waals surface area contributed by atoms with Crippen LogP contribution in [0.5, 0.6) is 0 Å². The zero-order valence-corrected chi connectivity index (χ0v) is 8.98. The Hall–Kier alpha value is -2.19. The highest BCUT2D eigenvalue weighted by Gasteiger charge is 2.34. The number of rotatable bonds is 1. The quantitative estimate of drug-likeness (QED) is 0.256. The first-order valence-electron chi connectivity index (χ1n) is 4.82. The highest BCUT2D eigenvalue weighted by Crippen LogP contribution is 2.30. The molecule has 0 bridgehead atoms. The summed E-state index contributed by atoms with van der Waals surface area (Å²) in [6.07, 6.45) is 0. The van der Waals surface area contributed by atoms with E-state index in [-0.39, 0.29) is 0 Å². The Balaban J connectivity index is 2.56. The molecule has 1 aliphatic rings. The van der Waals surface area contributed by atoms with Crippen molar-refractivity contribution in [1.29, 1.82) is 0 Å². The molecular weight excluding hydrogens is 277 g/mol. The summed E-state index contributed by atoms with van der Waals surface area (Å²) in [5.74, 6) is -13.1.